The number of carbonyl (C=O) groups excluding carboxylic acids is 1. The molecule has 1 aromatic rings. The Morgan fingerprint density at radius 1 is 1.17 bits per heavy atom. The van der Waals surface area contributed by atoms with Crippen LogP contribution >= 0.6 is 0 Å². The largest absolute Gasteiger partial charge is 0.478 e. The van der Waals surface area contributed by atoms with Crippen LogP contribution in [0.4, 0.5) is 0 Å². The third-order valence-corrected chi connectivity index (χ3v) is 6.41. The number of carboxylic acids is 2. The predicted octanol–water partition coefficient (Wildman–Crippen LogP) is 4.67. The van der Waals surface area contributed by atoms with Crippen molar-refractivity contribution in [3.05, 3.63) is 83.1 Å². The Bertz CT molecular complexity index is 1120. The van der Waals surface area contributed by atoms with Crippen molar-refractivity contribution in [3.63, 3.8) is 0 Å². The van der Waals surface area contributed by atoms with Gasteiger partial charge in [-0.15, -0.1) is 0 Å². The summed E-state index contributed by atoms with van der Waals surface area (Å²) < 4.78 is 0. The summed E-state index contributed by atoms with van der Waals surface area (Å²) >= 11 is 0. The van der Waals surface area contributed by atoms with E-state index >= 15 is 0 Å². The van der Waals surface area contributed by atoms with Crippen LogP contribution < -0.4 is 5.32 Å². The number of nitrogens with zero attached hydrogens (tertiary/aromatic N) is 2. The molecule has 0 atom stereocenters. The van der Waals surface area contributed by atoms with Crippen molar-refractivity contribution in [2.75, 3.05) is 6.67 Å². The number of aromatic carboxylic acids is 1. The first-order valence-corrected chi connectivity index (χ1v) is 12.3. The average Bonchev–Trinajstić information content (AvgIpc) is 2.88. The SMILES string of the molecule is C=C/C=C(\C=C/Cc1ccc(C(=O)O)cc1)C1=C(C2CCCCC2)C(=O)N(/N=C(\CC)C(=O)O)CN1. The van der Waals surface area contributed by atoms with E-state index in [0.717, 1.165) is 48.9 Å². The smallest absolute Gasteiger partial charge is 0.352 e. The van der Waals surface area contributed by atoms with Crippen LogP contribution in [-0.4, -0.2) is 45.4 Å². The molecule has 190 valence electrons. The zero-order valence-corrected chi connectivity index (χ0v) is 20.6. The van der Waals surface area contributed by atoms with Crippen LogP contribution in [0.3, 0.4) is 0 Å². The lowest BCUT2D eigenvalue weighted by Crippen LogP contribution is -2.45. The first kappa shape index (κ1) is 26.7. The quantitative estimate of drug-likeness (QED) is 0.323. The Hall–Kier alpha value is -3.94. The summed E-state index contributed by atoms with van der Waals surface area (Å²) in [4.78, 5) is 36.2. The van der Waals surface area contributed by atoms with Crippen LogP contribution in [0.25, 0.3) is 0 Å². The topological polar surface area (TPSA) is 119 Å². The molecule has 1 heterocycles. The summed E-state index contributed by atoms with van der Waals surface area (Å²) in [5.41, 5.74) is 3.30. The molecule has 1 saturated carbocycles. The van der Waals surface area contributed by atoms with E-state index in [9.17, 15) is 19.5 Å². The molecule has 1 fully saturated rings. The maximum atomic E-state index is 13.6. The highest BCUT2D eigenvalue weighted by molar-refractivity contribution is 6.35. The Kier molecular flexibility index (Phi) is 9.39. The number of rotatable bonds is 10. The summed E-state index contributed by atoms with van der Waals surface area (Å²) in [5, 5.41) is 27.2. The second-order valence-corrected chi connectivity index (χ2v) is 8.83. The van der Waals surface area contributed by atoms with Gasteiger partial charge in [-0.1, -0.05) is 69.2 Å². The Balaban J connectivity index is 1.93. The van der Waals surface area contributed by atoms with Gasteiger partial charge < -0.3 is 15.5 Å². The Morgan fingerprint density at radius 3 is 2.44 bits per heavy atom. The first-order chi connectivity index (χ1) is 17.3. The number of nitrogens with one attached hydrogen (secondary N) is 1. The lowest BCUT2D eigenvalue weighted by molar-refractivity contribution is -0.130. The van der Waals surface area contributed by atoms with E-state index in [1.165, 1.54) is 5.01 Å². The highest BCUT2D eigenvalue weighted by Gasteiger charge is 2.34. The van der Waals surface area contributed by atoms with Gasteiger partial charge in [-0.05, 0) is 54.9 Å². The molecule has 0 bridgehead atoms. The highest BCUT2D eigenvalue weighted by Crippen LogP contribution is 2.35. The molecular weight excluding hydrogens is 458 g/mol. The van der Waals surface area contributed by atoms with E-state index in [1.54, 1.807) is 37.3 Å². The van der Waals surface area contributed by atoms with Crippen LogP contribution in [0, 0.1) is 5.92 Å². The lowest BCUT2D eigenvalue weighted by atomic mass is 9.81. The van der Waals surface area contributed by atoms with Crippen molar-refractivity contribution < 1.29 is 24.6 Å². The molecule has 0 spiro atoms. The number of carboxylic acid groups (broad SMARTS) is 2. The monoisotopic (exact) mass is 491 g/mol. The zero-order chi connectivity index (χ0) is 26.1. The van der Waals surface area contributed by atoms with Gasteiger partial charge in [0.25, 0.3) is 5.91 Å². The van der Waals surface area contributed by atoms with Crippen molar-refractivity contribution in [3.8, 4) is 0 Å². The third-order valence-electron chi connectivity index (χ3n) is 6.41. The fourth-order valence-corrected chi connectivity index (χ4v) is 4.54. The van der Waals surface area contributed by atoms with E-state index in [-0.39, 0.29) is 36.2 Å². The minimum absolute atomic E-state index is 0.0619. The van der Waals surface area contributed by atoms with Gasteiger partial charge in [0.05, 0.1) is 11.3 Å². The van der Waals surface area contributed by atoms with E-state index in [1.807, 2.05) is 18.2 Å². The second-order valence-electron chi connectivity index (χ2n) is 8.83. The predicted molar refractivity (Wildman–Crippen MR) is 138 cm³/mol. The van der Waals surface area contributed by atoms with E-state index in [4.69, 9.17) is 5.11 Å². The summed E-state index contributed by atoms with van der Waals surface area (Å²) in [6.45, 7) is 5.60. The van der Waals surface area contributed by atoms with Gasteiger partial charge in [0.15, 0.2) is 0 Å². The molecule has 1 amide bonds. The van der Waals surface area contributed by atoms with Gasteiger partial charge in [0, 0.05) is 5.57 Å². The molecule has 1 aliphatic heterocycles. The Labute approximate surface area is 211 Å². The fourth-order valence-electron chi connectivity index (χ4n) is 4.54. The summed E-state index contributed by atoms with van der Waals surface area (Å²) in [6.07, 6.45) is 13.2. The molecule has 0 unspecified atom stereocenters. The maximum absolute atomic E-state index is 13.6. The van der Waals surface area contributed by atoms with E-state index in [0.29, 0.717) is 12.0 Å². The first-order valence-electron chi connectivity index (χ1n) is 12.3. The fraction of sp³-hybridized carbons (Fsp3) is 0.357. The number of aliphatic carboxylic acids is 1. The normalized spacial score (nSPS) is 17.9. The molecule has 3 rings (SSSR count). The summed E-state index contributed by atoms with van der Waals surface area (Å²) in [7, 11) is 0. The number of carbonyl (C=O) groups is 3. The van der Waals surface area contributed by atoms with Crippen LogP contribution in [0.5, 0.6) is 0 Å². The number of hydrogen-bond acceptors (Lipinski definition) is 5. The number of hydrazone groups is 1. The molecule has 0 saturated heterocycles. The number of benzene rings is 1. The highest BCUT2D eigenvalue weighted by atomic mass is 16.4. The van der Waals surface area contributed by atoms with Crippen molar-refractivity contribution >= 4 is 23.6 Å². The third kappa shape index (κ3) is 6.59. The zero-order valence-electron chi connectivity index (χ0n) is 20.6. The van der Waals surface area contributed by atoms with E-state index in [2.05, 4.69) is 17.0 Å². The van der Waals surface area contributed by atoms with Gasteiger partial charge in [-0.3, -0.25) is 4.79 Å². The number of allylic oxidation sites excluding steroid dienone is 4. The molecule has 1 aliphatic carbocycles. The van der Waals surface area contributed by atoms with Gasteiger partial charge >= 0.3 is 11.9 Å². The molecule has 36 heavy (non-hydrogen) atoms. The van der Waals surface area contributed by atoms with Crippen LogP contribution in [0.1, 0.15) is 61.4 Å². The van der Waals surface area contributed by atoms with Gasteiger partial charge in [0.2, 0.25) is 0 Å². The van der Waals surface area contributed by atoms with Crippen molar-refractivity contribution in [1.29, 1.82) is 0 Å². The minimum atomic E-state index is -1.13. The number of hydrogen-bond donors (Lipinski definition) is 3. The molecule has 3 N–H and O–H groups in total. The minimum Gasteiger partial charge on any atom is -0.478 e. The molecular formula is C28H33N3O5. The van der Waals surface area contributed by atoms with Crippen molar-refractivity contribution in [2.45, 2.75) is 51.9 Å². The lowest BCUT2D eigenvalue weighted by Gasteiger charge is -2.34. The molecule has 8 nitrogen and oxygen atoms in total. The second kappa shape index (κ2) is 12.7. The number of amides is 1. The maximum Gasteiger partial charge on any atom is 0.352 e. The van der Waals surface area contributed by atoms with Crippen LogP contribution in [-0.2, 0) is 16.0 Å². The molecule has 8 heteroatoms. The summed E-state index contributed by atoms with van der Waals surface area (Å²) in [6, 6.07) is 6.72. The molecule has 2 aliphatic rings. The molecule has 0 radical (unpaired) electrons. The van der Waals surface area contributed by atoms with Gasteiger partial charge in [-0.2, -0.15) is 5.10 Å². The van der Waals surface area contributed by atoms with Gasteiger partial charge in [-0.25, -0.2) is 14.6 Å². The van der Waals surface area contributed by atoms with E-state index < -0.39 is 11.9 Å². The Morgan fingerprint density at radius 2 is 1.86 bits per heavy atom. The van der Waals surface area contributed by atoms with Gasteiger partial charge in [0.1, 0.15) is 12.4 Å². The standard InChI is InChI=1S/C28H33N3O5/c1-3-9-21(13-8-10-19-14-16-22(17-15-19)27(33)34)25-24(20-11-6-5-7-12-20)26(32)31(18-29-25)30-23(4-2)28(35)36/h3,8-9,13-17,20,29H,1,4-7,10-12,18H2,2H3,(H,33,34)(H,35,36)/b13-8-,21-9+,30-23+. The molecule has 0 aromatic heterocycles. The van der Waals surface area contributed by atoms with Crippen molar-refractivity contribution in [1.82, 2.24) is 10.3 Å². The van der Waals surface area contributed by atoms with Crippen LogP contribution in [0.2, 0.25) is 0 Å². The summed E-state index contributed by atoms with van der Waals surface area (Å²) in [5.74, 6) is -2.30. The molecule has 1 aromatic carbocycles. The van der Waals surface area contributed by atoms with Crippen molar-refractivity contribution in [2.24, 2.45) is 11.0 Å². The van der Waals surface area contributed by atoms with Crippen LogP contribution in [0.15, 0.2) is 77.1 Å². The average molecular weight is 492 g/mol.